The smallest absolute Gasteiger partial charge is 0.306 e. The number of fused-ring (bicyclic) bond motifs is 1. The molecule has 1 aliphatic rings. The van der Waals surface area contributed by atoms with Crippen LogP contribution in [-0.4, -0.2) is 26.2 Å². The lowest BCUT2D eigenvalue weighted by Crippen LogP contribution is -2.17. The molecule has 0 radical (unpaired) electrons. The number of esters is 1. The number of carbonyl (C=O) groups is 1. The van der Waals surface area contributed by atoms with Crippen molar-refractivity contribution in [2.45, 2.75) is 18.8 Å². The van der Waals surface area contributed by atoms with E-state index in [1.165, 1.54) is 12.7 Å². The Morgan fingerprint density at radius 1 is 1.59 bits per heavy atom. The van der Waals surface area contributed by atoms with Crippen molar-refractivity contribution in [1.82, 2.24) is 0 Å². The van der Waals surface area contributed by atoms with Crippen LogP contribution in [0.4, 0.5) is 0 Å². The molecule has 0 saturated heterocycles. The quantitative estimate of drug-likeness (QED) is 0.797. The van der Waals surface area contributed by atoms with E-state index in [2.05, 4.69) is 10.8 Å². The van der Waals surface area contributed by atoms with Crippen molar-refractivity contribution in [3.05, 3.63) is 29.3 Å². The van der Waals surface area contributed by atoms with Crippen LogP contribution in [0.5, 0.6) is 5.75 Å². The maximum atomic E-state index is 11.3. The van der Waals surface area contributed by atoms with Crippen molar-refractivity contribution in [1.29, 1.82) is 0 Å². The zero-order chi connectivity index (χ0) is 12.3. The van der Waals surface area contributed by atoms with Gasteiger partial charge in [0.05, 0.1) is 20.1 Å². The normalized spacial score (nSPS) is 14.9. The molecule has 0 spiro atoms. The van der Waals surface area contributed by atoms with Gasteiger partial charge in [-0.05, 0) is 23.7 Å². The third-order valence-corrected chi connectivity index (χ3v) is 3.11. The van der Waals surface area contributed by atoms with Gasteiger partial charge in [0, 0.05) is 12.3 Å². The van der Waals surface area contributed by atoms with Crippen molar-refractivity contribution in [3.63, 3.8) is 0 Å². The standard InChI is InChI=1S/C13H17NO3/c1-16-13(15)7-11(8-14)9-2-3-12-10(6-9)4-5-17-12/h2-3,6,11H,4-5,7-8,14H2,1H3. The second kappa shape index (κ2) is 5.19. The summed E-state index contributed by atoms with van der Waals surface area (Å²) < 4.78 is 10.1. The Labute approximate surface area is 101 Å². The molecule has 0 aliphatic carbocycles. The molecule has 2 N–H and O–H groups in total. The van der Waals surface area contributed by atoms with E-state index in [4.69, 9.17) is 10.5 Å². The van der Waals surface area contributed by atoms with Gasteiger partial charge in [-0.2, -0.15) is 0 Å². The summed E-state index contributed by atoms with van der Waals surface area (Å²) in [4.78, 5) is 11.3. The maximum absolute atomic E-state index is 11.3. The van der Waals surface area contributed by atoms with Crippen LogP contribution in [0.2, 0.25) is 0 Å². The van der Waals surface area contributed by atoms with Crippen LogP contribution in [0.1, 0.15) is 23.5 Å². The number of methoxy groups -OCH3 is 1. The SMILES string of the molecule is COC(=O)CC(CN)c1ccc2c(c1)CCO2. The van der Waals surface area contributed by atoms with Crippen molar-refractivity contribution < 1.29 is 14.3 Å². The second-order valence-electron chi connectivity index (χ2n) is 4.18. The molecule has 0 fully saturated rings. The Morgan fingerprint density at radius 3 is 3.12 bits per heavy atom. The Kier molecular flexibility index (Phi) is 3.64. The van der Waals surface area contributed by atoms with Crippen LogP contribution < -0.4 is 10.5 Å². The topological polar surface area (TPSA) is 61.5 Å². The molecule has 0 aromatic heterocycles. The van der Waals surface area contributed by atoms with E-state index in [-0.39, 0.29) is 11.9 Å². The minimum atomic E-state index is -0.225. The molecule has 1 aliphatic heterocycles. The molecular formula is C13H17NO3. The Morgan fingerprint density at radius 2 is 2.41 bits per heavy atom. The number of rotatable bonds is 4. The second-order valence-corrected chi connectivity index (χ2v) is 4.18. The van der Waals surface area contributed by atoms with Gasteiger partial charge in [0.15, 0.2) is 0 Å². The highest BCUT2D eigenvalue weighted by molar-refractivity contribution is 5.70. The van der Waals surface area contributed by atoms with Crippen molar-refractivity contribution in [2.24, 2.45) is 5.73 Å². The van der Waals surface area contributed by atoms with Crippen molar-refractivity contribution in [2.75, 3.05) is 20.3 Å². The minimum Gasteiger partial charge on any atom is -0.493 e. The van der Waals surface area contributed by atoms with Gasteiger partial charge in [0.1, 0.15) is 5.75 Å². The summed E-state index contributed by atoms with van der Waals surface area (Å²) >= 11 is 0. The molecular weight excluding hydrogens is 218 g/mol. The lowest BCUT2D eigenvalue weighted by atomic mass is 9.94. The van der Waals surface area contributed by atoms with E-state index >= 15 is 0 Å². The molecule has 0 bridgehead atoms. The third kappa shape index (κ3) is 2.58. The lowest BCUT2D eigenvalue weighted by molar-refractivity contribution is -0.141. The van der Waals surface area contributed by atoms with Crippen LogP contribution in [0, 0.1) is 0 Å². The predicted molar refractivity (Wildman–Crippen MR) is 64.1 cm³/mol. The third-order valence-electron chi connectivity index (χ3n) is 3.11. The summed E-state index contributed by atoms with van der Waals surface area (Å²) in [5.74, 6) is 0.744. The molecule has 2 rings (SSSR count). The number of nitrogens with two attached hydrogens (primary N) is 1. The summed E-state index contributed by atoms with van der Waals surface area (Å²) in [6.45, 7) is 1.18. The first-order chi connectivity index (χ1) is 8.24. The summed E-state index contributed by atoms with van der Waals surface area (Å²) in [6, 6.07) is 6.02. The number of ether oxygens (including phenoxy) is 2. The average molecular weight is 235 g/mol. The van der Waals surface area contributed by atoms with Gasteiger partial charge in [0.25, 0.3) is 0 Å². The van der Waals surface area contributed by atoms with E-state index in [9.17, 15) is 4.79 Å². The molecule has 1 aromatic carbocycles. The van der Waals surface area contributed by atoms with Gasteiger partial charge in [0.2, 0.25) is 0 Å². The molecule has 1 atom stereocenters. The van der Waals surface area contributed by atoms with Gasteiger partial charge in [-0.1, -0.05) is 12.1 Å². The van der Waals surface area contributed by atoms with E-state index in [0.29, 0.717) is 13.0 Å². The van der Waals surface area contributed by atoms with Crippen molar-refractivity contribution >= 4 is 5.97 Å². The van der Waals surface area contributed by atoms with E-state index in [0.717, 1.165) is 24.3 Å². The largest absolute Gasteiger partial charge is 0.493 e. The fourth-order valence-electron chi connectivity index (χ4n) is 2.08. The predicted octanol–water partition coefficient (Wildman–Crippen LogP) is 1.23. The average Bonchev–Trinajstić information content (AvgIpc) is 2.82. The van der Waals surface area contributed by atoms with Gasteiger partial charge in [-0.15, -0.1) is 0 Å². The maximum Gasteiger partial charge on any atom is 0.306 e. The number of hydrogen-bond acceptors (Lipinski definition) is 4. The van der Waals surface area contributed by atoms with Gasteiger partial charge < -0.3 is 15.2 Å². The first-order valence-corrected chi connectivity index (χ1v) is 5.77. The fraction of sp³-hybridized carbons (Fsp3) is 0.462. The molecule has 0 amide bonds. The Hall–Kier alpha value is -1.55. The fourth-order valence-corrected chi connectivity index (χ4v) is 2.08. The minimum absolute atomic E-state index is 0.0216. The highest BCUT2D eigenvalue weighted by Crippen LogP contribution is 2.29. The first kappa shape index (κ1) is 11.9. The summed E-state index contributed by atoms with van der Waals surface area (Å²) in [6.07, 6.45) is 1.26. The zero-order valence-corrected chi connectivity index (χ0v) is 9.94. The number of hydrogen-bond donors (Lipinski definition) is 1. The molecule has 17 heavy (non-hydrogen) atoms. The van der Waals surface area contributed by atoms with Gasteiger partial charge in [-0.3, -0.25) is 4.79 Å². The highest BCUT2D eigenvalue weighted by Gasteiger charge is 2.18. The van der Waals surface area contributed by atoms with E-state index in [1.807, 2.05) is 12.1 Å². The summed E-state index contributed by atoms with van der Waals surface area (Å²) in [5, 5.41) is 0. The highest BCUT2D eigenvalue weighted by atomic mass is 16.5. The Balaban J connectivity index is 2.16. The Bertz CT molecular complexity index is 417. The van der Waals surface area contributed by atoms with E-state index in [1.54, 1.807) is 0 Å². The summed E-state index contributed by atoms with van der Waals surface area (Å²) in [5.41, 5.74) is 8.00. The molecule has 1 aromatic rings. The molecule has 1 heterocycles. The summed E-state index contributed by atoms with van der Waals surface area (Å²) in [7, 11) is 1.40. The van der Waals surface area contributed by atoms with Crippen LogP contribution in [0.3, 0.4) is 0 Å². The van der Waals surface area contributed by atoms with Crippen molar-refractivity contribution in [3.8, 4) is 5.75 Å². The van der Waals surface area contributed by atoms with Gasteiger partial charge >= 0.3 is 5.97 Å². The van der Waals surface area contributed by atoms with E-state index < -0.39 is 0 Å². The monoisotopic (exact) mass is 235 g/mol. The van der Waals surface area contributed by atoms with Gasteiger partial charge in [-0.25, -0.2) is 0 Å². The zero-order valence-electron chi connectivity index (χ0n) is 9.94. The van der Waals surface area contributed by atoms with Crippen LogP contribution >= 0.6 is 0 Å². The lowest BCUT2D eigenvalue weighted by Gasteiger charge is -2.14. The number of benzene rings is 1. The van der Waals surface area contributed by atoms with Crippen LogP contribution in [0.15, 0.2) is 18.2 Å². The first-order valence-electron chi connectivity index (χ1n) is 5.77. The molecule has 0 saturated carbocycles. The molecule has 4 nitrogen and oxygen atoms in total. The molecule has 4 heteroatoms. The molecule has 1 unspecified atom stereocenters. The van der Waals surface area contributed by atoms with Crippen LogP contribution in [-0.2, 0) is 16.0 Å². The number of carbonyl (C=O) groups excluding carboxylic acids is 1. The van der Waals surface area contributed by atoms with Crippen LogP contribution in [0.25, 0.3) is 0 Å². The molecule has 92 valence electrons.